The number of allylic oxidation sites excluding steroid dienone is 1. The smallest absolute Gasteiger partial charge is 0.419 e. The average Bonchev–Trinajstić information content (AvgIpc) is 2.62. The number of nitrogens with zero attached hydrogens (tertiary/aromatic N) is 1. The second-order valence-corrected chi connectivity index (χ2v) is 6.49. The fraction of sp³-hybridized carbons (Fsp3) is 0.333. The Balaban J connectivity index is 2.21. The first-order valence-electron chi connectivity index (χ1n) is 7.43. The van der Waals surface area contributed by atoms with Gasteiger partial charge in [0.2, 0.25) is 0 Å². The molecule has 0 aliphatic heterocycles. The van der Waals surface area contributed by atoms with Gasteiger partial charge in [-0.25, -0.2) is 9.36 Å². The zero-order valence-corrected chi connectivity index (χ0v) is 13.1. The van der Waals surface area contributed by atoms with Crippen LogP contribution in [0.5, 0.6) is 0 Å². The number of ether oxygens (including phenoxy) is 1. The zero-order chi connectivity index (χ0) is 15.9. The molecule has 4 heteroatoms. The summed E-state index contributed by atoms with van der Waals surface area (Å²) >= 11 is 0. The van der Waals surface area contributed by atoms with E-state index in [1.807, 2.05) is 51.1 Å². The minimum absolute atomic E-state index is 0.0796. The third-order valence-electron chi connectivity index (χ3n) is 3.64. The van der Waals surface area contributed by atoms with E-state index in [1.54, 1.807) is 10.6 Å². The van der Waals surface area contributed by atoms with Gasteiger partial charge in [-0.2, -0.15) is 0 Å². The van der Waals surface area contributed by atoms with E-state index in [2.05, 4.69) is 0 Å². The minimum atomic E-state index is -0.564. The molecule has 1 aromatic heterocycles. The van der Waals surface area contributed by atoms with Crippen molar-refractivity contribution in [1.82, 2.24) is 4.57 Å². The van der Waals surface area contributed by atoms with E-state index in [0.29, 0.717) is 12.8 Å². The Hall–Kier alpha value is -2.36. The minimum Gasteiger partial charge on any atom is -0.443 e. The van der Waals surface area contributed by atoms with Crippen molar-refractivity contribution >= 4 is 28.9 Å². The zero-order valence-electron chi connectivity index (χ0n) is 13.1. The van der Waals surface area contributed by atoms with Crippen LogP contribution in [0.2, 0.25) is 0 Å². The highest BCUT2D eigenvalue weighted by atomic mass is 16.6. The Bertz CT molecular complexity index is 791. The van der Waals surface area contributed by atoms with Gasteiger partial charge >= 0.3 is 6.09 Å². The van der Waals surface area contributed by atoms with Crippen LogP contribution in [0.25, 0.3) is 17.0 Å². The molecule has 0 atom stereocenters. The van der Waals surface area contributed by atoms with Crippen molar-refractivity contribution in [2.75, 3.05) is 0 Å². The van der Waals surface area contributed by atoms with Crippen molar-refractivity contribution in [3.63, 3.8) is 0 Å². The molecular weight excluding hydrogens is 278 g/mol. The molecule has 114 valence electrons. The fourth-order valence-corrected chi connectivity index (χ4v) is 2.77. The summed E-state index contributed by atoms with van der Waals surface area (Å²) in [6.45, 7) is 5.54. The summed E-state index contributed by atoms with van der Waals surface area (Å²) in [6.07, 6.45) is 3.95. The van der Waals surface area contributed by atoms with Crippen molar-refractivity contribution in [3.8, 4) is 0 Å². The molecule has 22 heavy (non-hydrogen) atoms. The van der Waals surface area contributed by atoms with Crippen LogP contribution < -0.4 is 0 Å². The van der Waals surface area contributed by atoms with Crippen molar-refractivity contribution in [3.05, 3.63) is 41.6 Å². The molecule has 0 N–H and O–H groups in total. The largest absolute Gasteiger partial charge is 0.443 e. The lowest BCUT2D eigenvalue weighted by Crippen LogP contribution is -2.28. The fourth-order valence-electron chi connectivity index (χ4n) is 2.77. The molecule has 2 aromatic rings. The van der Waals surface area contributed by atoms with E-state index >= 15 is 0 Å². The molecule has 4 nitrogen and oxygen atoms in total. The van der Waals surface area contributed by atoms with Crippen LogP contribution in [0.15, 0.2) is 30.3 Å². The van der Waals surface area contributed by atoms with E-state index in [0.717, 1.165) is 22.2 Å². The quantitative estimate of drug-likeness (QED) is 0.739. The summed E-state index contributed by atoms with van der Waals surface area (Å²) in [5, 5.41) is 0.967. The van der Waals surface area contributed by atoms with Crippen LogP contribution in [0.3, 0.4) is 0 Å². The second kappa shape index (κ2) is 5.13. The highest BCUT2D eigenvalue weighted by molar-refractivity contribution is 6.02. The first-order valence-corrected chi connectivity index (χ1v) is 7.43. The van der Waals surface area contributed by atoms with Crippen molar-refractivity contribution in [2.24, 2.45) is 0 Å². The van der Waals surface area contributed by atoms with Gasteiger partial charge in [0.15, 0.2) is 5.78 Å². The summed E-state index contributed by atoms with van der Waals surface area (Å²) in [6, 6.07) is 7.71. The maximum atomic E-state index is 12.6. The molecule has 0 amide bonds. The molecule has 1 aliphatic carbocycles. The van der Waals surface area contributed by atoms with E-state index in [-0.39, 0.29) is 5.78 Å². The van der Waals surface area contributed by atoms with Crippen LogP contribution in [0, 0.1) is 0 Å². The van der Waals surface area contributed by atoms with Crippen molar-refractivity contribution < 1.29 is 14.3 Å². The number of aromatic nitrogens is 1. The molecule has 0 spiro atoms. The number of hydrogen-bond donors (Lipinski definition) is 0. The highest BCUT2D eigenvalue weighted by Crippen LogP contribution is 2.31. The van der Waals surface area contributed by atoms with Crippen LogP contribution in [0.1, 0.15) is 38.4 Å². The van der Waals surface area contributed by atoms with Gasteiger partial charge in [0.05, 0.1) is 5.52 Å². The molecule has 1 heterocycles. The Morgan fingerprint density at radius 1 is 1.14 bits per heavy atom. The molecule has 0 bridgehead atoms. The molecule has 0 radical (unpaired) electrons. The van der Waals surface area contributed by atoms with Gasteiger partial charge in [0.1, 0.15) is 5.60 Å². The number of benzene rings is 1. The molecule has 0 unspecified atom stereocenters. The Morgan fingerprint density at radius 3 is 2.59 bits per heavy atom. The van der Waals surface area contributed by atoms with Gasteiger partial charge in [0, 0.05) is 23.1 Å². The van der Waals surface area contributed by atoms with Crippen LogP contribution >= 0.6 is 0 Å². The normalized spacial score (nSPS) is 14.8. The Kier molecular flexibility index (Phi) is 3.39. The maximum Gasteiger partial charge on any atom is 0.419 e. The summed E-state index contributed by atoms with van der Waals surface area (Å²) in [5.41, 5.74) is 2.04. The highest BCUT2D eigenvalue weighted by Gasteiger charge is 2.25. The van der Waals surface area contributed by atoms with Crippen molar-refractivity contribution in [2.45, 2.75) is 39.2 Å². The first-order chi connectivity index (χ1) is 10.4. The van der Waals surface area contributed by atoms with Crippen LogP contribution in [-0.2, 0) is 16.0 Å². The summed E-state index contributed by atoms with van der Waals surface area (Å²) in [5.74, 6) is 0.0796. The number of hydrogen-bond acceptors (Lipinski definition) is 3. The molecule has 0 saturated carbocycles. The molecular formula is C18H19NO3. The number of para-hydroxylation sites is 1. The van der Waals surface area contributed by atoms with Gasteiger partial charge in [-0.05, 0) is 45.4 Å². The topological polar surface area (TPSA) is 48.3 Å². The number of rotatable bonds is 0. The monoisotopic (exact) mass is 297 g/mol. The van der Waals surface area contributed by atoms with Crippen LogP contribution in [-0.4, -0.2) is 22.0 Å². The number of carbonyl (C=O) groups is 2. The van der Waals surface area contributed by atoms with Crippen molar-refractivity contribution in [1.29, 1.82) is 0 Å². The standard InChI is InChI=1S/C18H19NO3/c1-18(2,3)22-17(21)19-15-7-5-4-6-13(15)14-10-8-12(20)9-11-16(14)19/h4-8,10H,9,11H2,1-3H3. The van der Waals surface area contributed by atoms with Gasteiger partial charge < -0.3 is 4.74 Å². The molecule has 0 saturated heterocycles. The molecule has 1 aliphatic rings. The third kappa shape index (κ3) is 2.56. The van der Waals surface area contributed by atoms with Gasteiger partial charge in [-0.1, -0.05) is 18.2 Å². The Labute approximate surface area is 129 Å². The van der Waals surface area contributed by atoms with E-state index < -0.39 is 11.7 Å². The van der Waals surface area contributed by atoms with Gasteiger partial charge in [0.25, 0.3) is 0 Å². The summed E-state index contributed by atoms with van der Waals surface area (Å²) in [7, 11) is 0. The predicted octanol–water partition coefficient (Wildman–Crippen LogP) is 3.95. The van der Waals surface area contributed by atoms with Gasteiger partial charge in [-0.3, -0.25) is 4.79 Å². The number of ketones is 1. The first kappa shape index (κ1) is 14.6. The lowest BCUT2D eigenvalue weighted by molar-refractivity contribution is -0.114. The Morgan fingerprint density at radius 2 is 1.86 bits per heavy atom. The SMILES string of the molecule is CC(C)(C)OC(=O)n1c2c(c3ccccc31)C=CC(=O)CC2. The van der Waals surface area contributed by atoms with E-state index in [4.69, 9.17) is 4.74 Å². The van der Waals surface area contributed by atoms with Gasteiger partial charge in [-0.15, -0.1) is 0 Å². The van der Waals surface area contributed by atoms with Crippen LogP contribution in [0.4, 0.5) is 4.79 Å². The maximum absolute atomic E-state index is 12.6. The molecule has 3 rings (SSSR count). The number of carbonyl (C=O) groups excluding carboxylic acids is 2. The predicted molar refractivity (Wildman–Crippen MR) is 85.9 cm³/mol. The molecule has 0 fully saturated rings. The lowest BCUT2D eigenvalue weighted by Gasteiger charge is -2.21. The second-order valence-electron chi connectivity index (χ2n) is 6.49. The van der Waals surface area contributed by atoms with E-state index in [1.165, 1.54) is 0 Å². The lowest BCUT2D eigenvalue weighted by atomic mass is 10.1. The summed E-state index contributed by atoms with van der Waals surface area (Å²) in [4.78, 5) is 24.3. The average molecular weight is 297 g/mol. The third-order valence-corrected chi connectivity index (χ3v) is 3.64. The summed E-state index contributed by atoms with van der Waals surface area (Å²) < 4.78 is 7.15. The number of fused-ring (bicyclic) bond motifs is 3. The van der Waals surface area contributed by atoms with E-state index in [9.17, 15) is 9.59 Å². The molecule has 1 aromatic carbocycles.